The largest absolute Gasteiger partial charge is 1.00 e. The Bertz CT molecular complexity index is 3220. The van der Waals surface area contributed by atoms with Crippen molar-refractivity contribution >= 4 is 163 Å². The van der Waals surface area contributed by atoms with Crippen molar-refractivity contribution in [2.24, 2.45) is 17.0 Å². The predicted molar refractivity (Wildman–Crippen MR) is 318 cm³/mol. The average Bonchev–Trinajstić information content (AvgIpc) is 4.21. The third-order valence-corrected chi connectivity index (χ3v) is 11.7. The summed E-state index contributed by atoms with van der Waals surface area (Å²) in [5.41, 5.74) is 25.6. The van der Waals surface area contributed by atoms with Crippen LogP contribution >= 0.6 is 74.5 Å². The van der Waals surface area contributed by atoms with Crippen LogP contribution < -0.4 is 52.1 Å². The van der Waals surface area contributed by atoms with Crippen molar-refractivity contribution in [3.8, 4) is 0 Å². The number of aromatic carboxylic acids is 1. The molecule has 8 aromatic rings. The van der Waals surface area contributed by atoms with Gasteiger partial charge in [-0.05, 0) is 97.4 Å². The molecule has 0 unspecified atom stereocenters. The maximum atomic E-state index is 11.4. The molecule has 3 aromatic heterocycles. The first-order chi connectivity index (χ1) is 37.2. The zero-order chi connectivity index (χ0) is 58.7. The maximum Gasteiger partial charge on any atom is 1.00 e. The monoisotopic (exact) mass is 1320 g/mol. The molecule has 23 nitrogen and oxygen atoms in total. The van der Waals surface area contributed by atoms with Gasteiger partial charge in [-0.25, -0.2) is 38.9 Å². The van der Waals surface area contributed by atoms with Gasteiger partial charge < -0.3 is 62.0 Å². The Kier molecular flexibility index (Phi) is 39.6. The van der Waals surface area contributed by atoms with Crippen molar-refractivity contribution in [1.82, 2.24) is 15.0 Å². The zero-order valence-electron chi connectivity index (χ0n) is 44.1. The Morgan fingerprint density at radius 3 is 1.54 bits per heavy atom. The van der Waals surface area contributed by atoms with Gasteiger partial charge in [0.05, 0.1) is 97.9 Å². The van der Waals surface area contributed by atoms with Crippen LogP contribution in [0.1, 0.15) is 79.0 Å². The Morgan fingerprint density at radius 1 is 0.675 bits per heavy atom. The van der Waals surface area contributed by atoms with E-state index < -0.39 is 17.9 Å². The van der Waals surface area contributed by atoms with E-state index in [4.69, 9.17) is 32.2 Å². The normalized spacial score (nSPS) is 9.22. The number of aromatic nitrogens is 3. The van der Waals surface area contributed by atoms with Gasteiger partial charge >= 0.3 is 59.4 Å². The predicted octanol–water partition coefficient (Wildman–Crippen LogP) is 8.27. The van der Waals surface area contributed by atoms with Gasteiger partial charge in [-0.3, -0.25) is 4.79 Å². The van der Waals surface area contributed by atoms with E-state index >= 15 is 0 Å². The van der Waals surface area contributed by atoms with Crippen molar-refractivity contribution in [3.63, 3.8) is 0 Å². The quantitative estimate of drug-likeness (QED) is 0.0110. The molecule has 0 saturated heterocycles. The minimum Gasteiger partial charge on any atom is -0.870 e. The molecule has 10 N–H and O–H groups in total. The minimum absolute atomic E-state index is 0. The second kappa shape index (κ2) is 42.1. The van der Waals surface area contributed by atoms with E-state index in [1.54, 1.807) is 102 Å². The summed E-state index contributed by atoms with van der Waals surface area (Å²) in [4.78, 5) is 90.1. The fourth-order valence-corrected chi connectivity index (χ4v) is 8.08. The number of nitrogens with one attached hydrogen (secondary N) is 1. The molecular weight excluding hydrogens is 1260 g/mol. The Labute approximate surface area is 513 Å². The number of carbonyl (C=O) groups excluding carboxylic acids is 4. The Morgan fingerprint density at radius 2 is 1.10 bits per heavy atom. The number of fused-ring (bicyclic) bond motifs is 3. The van der Waals surface area contributed by atoms with E-state index in [0.717, 1.165) is 44.0 Å². The van der Waals surface area contributed by atoms with E-state index in [-0.39, 0.29) is 58.1 Å². The molecule has 0 atom stereocenters. The van der Waals surface area contributed by atoms with Crippen LogP contribution in [-0.2, 0) is 28.6 Å². The van der Waals surface area contributed by atoms with Gasteiger partial charge in [0, 0.05) is 46.6 Å². The summed E-state index contributed by atoms with van der Waals surface area (Å²) >= 11 is 14.2. The number of nitrogens with zero attached hydrogens (tertiary/aromatic N) is 4. The van der Waals surface area contributed by atoms with Gasteiger partial charge in [0.15, 0.2) is 15.6 Å². The summed E-state index contributed by atoms with van der Waals surface area (Å²) in [7, 11) is 5.40. The Balaban J connectivity index is 0. The van der Waals surface area contributed by atoms with Crippen LogP contribution in [0.3, 0.4) is 0 Å². The van der Waals surface area contributed by atoms with Crippen LogP contribution in [0.2, 0.25) is 0 Å². The van der Waals surface area contributed by atoms with Crippen molar-refractivity contribution in [2.45, 2.75) is 27.2 Å². The number of hydrogen-bond donors (Lipinski definition) is 6. The van der Waals surface area contributed by atoms with Crippen LogP contribution in [0.5, 0.6) is 0 Å². The van der Waals surface area contributed by atoms with Gasteiger partial charge in [0.1, 0.15) is 6.61 Å². The molecule has 0 bridgehead atoms. The number of benzene rings is 5. The number of thiazole rings is 3. The number of aliphatic carboxylic acids is 1. The van der Waals surface area contributed by atoms with Crippen molar-refractivity contribution in [1.29, 1.82) is 0 Å². The molecule has 0 fully saturated rings. The van der Waals surface area contributed by atoms with Crippen LogP contribution in [-0.4, -0.2) is 107 Å². The smallest absolute Gasteiger partial charge is 0.870 e. The van der Waals surface area contributed by atoms with Crippen LogP contribution in [0.4, 0.5) is 16.5 Å². The number of nitrogens with two attached hydrogens (primary N) is 3. The average molecular weight is 1320 g/mol. The molecule has 80 heavy (non-hydrogen) atoms. The molecule has 8 rings (SSSR count). The van der Waals surface area contributed by atoms with E-state index in [2.05, 4.69) is 104 Å². The summed E-state index contributed by atoms with van der Waals surface area (Å²) in [6.07, 6.45) is 0.895. The number of nitrogen functional groups attached to an aromatic ring is 2. The molecule has 0 spiro atoms. The van der Waals surface area contributed by atoms with Crippen molar-refractivity contribution in [2.75, 3.05) is 51.8 Å². The van der Waals surface area contributed by atoms with Gasteiger partial charge in [0.25, 0.3) is 5.97 Å². The Hall–Kier alpha value is -6.80. The molecule has 0 saturated carbocycles. The summed E-state index contributed by atoms with van der Waals surface area (Å²) in [6.45, 7) is 5.66. The van der Waals surface area contributed by atoms with Crippen molar-refractivity contribution in [3.05, 3.63) is 147 Å². The zero-order valence-corrected chi connectivity index (χ0v) is 52.5. The number of hydrogen-bond acceptors (Lipinski definition) is 23. The van der Waals surface area contributed by atoms with E-state index in [9.17, 15) is 28.9 Å². The van der Waals surface area contributed by atoms with Gasteiger partial charge in [-0.1, -0.05) is 55.5 Å². The number of carboxylic acid groups (broad SMARTS) is 2. The molecule has 5 aromatic carbocycles. The molecule has 0 amide bonds. The first-order valence-corrected chi connectivity index (χ1v) is 28.6. The number of methoxy groups -OCH3 is 4. The topological polar surface area (TPSA) is 377 Å². The molecule has 0 aliphatic carbocycles. The van der Waals surface area contributed by atoms with Crippen LogP contribution in [0.15, 0.2) is 119 Å². The third-order valence-electron chi connectivity index (χ3n) is 8.88. The fourth-order valence-electron chi connectivity index (χ4n) is 5.54. The van der Waals surface area contributed by atoms with E-state index in [1.165, 1.54) is 62.4 Å². The molecule has 0 radical (unpaired) electrons. The van der Waals surface area contributed by atoms with Crippen LogP contribution in [0.25, 0.3) is 30.6 Å². The number of carboxylic acids is 2. The SMILES string of the molecule is BrBr.CC(=O)O.CC(C)CCON=O.COC(=O)c1cccc(N)c1.COC(=O)c1cccc(NC(N)=S)c1.COC(=O)c1cccc2nc(N)sc12.COC(=O)c1cccc2ncsc12.O=C(O)c1cccc2ncsc12.[Na+].[OH-]. The first-order valence-electron chi connectivity index (χ1n) is 21.9. The number of anilines is 3. The second-order valence-corrected chi connectivity index (χ2v) is 18.0. The minimum atomic E-state index is -0.898. The van der Waals surface area contributed by atoms with Gasteiger partial charge in [-0.15, -0.1) is 27.6 Å². The number of carbonyl (C=O) groups is 6. The summed E-state index contributed by atoms with van der Waals surface area (Å²) in [5.74, 6) is -2.58. The summed E-state index contributed by atoms with van der Waals surface area (Å²) < 4.78 is 20.8. The van der Waals surface area contributed by atoms with Crippen molar-refractivity contribution < 1.29 is 97.8 Å². The third kappa shape index (κ3) is 27.9. The summed E-state index contributed by atoms with van der Waals surface area (Å²) in [5, 5.41) is 21.8. The first kappa shape index (κ1) is 75.3. The molecule has 3 heterocycles. The fraction of sp³-hybridized carbons (Fsp3) is 0.200. The van der Waals surface area contributed by atoms with E-state index in [0.29, 0.717) is 56.8 Å². The number of thiocarbonyl (C=S) groups is 1. The standard InChI is InChI=1S/C9H8N2O2S.C9H10N2O2S.C9H7NO2S.C8H5NO2S.C8H9NO2.C5H11NO2.C2H4O2.Br2.Na.H2O/c1-13-8(12)5-3-2-4-6-7(5)14-9(10)11-6;1-13-8(12)6-3-2-4-7(5-6)11-9(10)14;1-12-9(11)6-3-2-4-7-8(6)13-5-10-7;10-8(11)5-2-1-3-6-7(5)12-4-9-6;1-11-8(10)6-3-2-4-7(9)5-6;1-5(2)3-4-8-6-7;1-2(3)4;1-2;;/h2-4H,1H3,(H2,10,11);2-5H,1H3,(H3,10,11,14);2-5H,1H3;1-4H,(H,10,11);2-5H,9H2,1H3;5H,3-4H2,1-2H3;1H3,(H,3,4);;;1H2/q;;;;;;;;+1;/p-1. The number of rotatable bonds is 10. The van der Waals surface area contributed by atoms with Crippen LogP contribution in [0, 0.1) is 10.8 Å². The molecule has 0 aliphatic rings. The number of esters is 4. The molecule has 0 aliphatic heterocycles. The number of ether oxygens (including phenoxy) is 4. The number of halogens is 2. The van der Waals surface area contributed by atoms with E-state index in [1.807, 2.05) is 12.1 Å². The summed E-state index contributed by atoms with van der Waals surface area (Å²) in [6, 6.07) is 29.2. The second-order valence-electron chi connectivity index (χ2n) is 14.8. The maximum absolute atomic E-state index is 11.4. The van der Waals surface area contributed by atoms with Gasteiger partial charge in [-0.2, -0.15) is 0 Å². The molecule has 30 heteroatoms. The van der Waals surface area contributed by atoms with Gasteiger partial charge in [0.2, 0.25) is 0 Å². The molecule has 424 valence electrons. The molecular formula is C50H55Br2N8NaO15S4.